The summed E-state index contributed by atoms with van der Waals surface area (Å²) in [7, 11) is 3.50. The molecule has 1 saturated heterocycles. The molecule has 0 saturated carbocycles. The zero-order chi connectivity index (χ0) is 19.9. The molecule has 1 aromatic heterocycles. The highest BCUT2D eigenvalue weighted by atomic mass is 16.5. The second-order valence-electron chi connectivity index (χ2n) is 7.05. The number of amides is 2. The Labute approximate surface area is 165 Å². The van der Waals surface area contributed by atoms with Crippen molar-refractivity contribution in [1.29, 1.82) is 0 Å². The van der Waals surface area contributed by atoms with Gasteiger partial charge in [-0.25, -0.2) is 0 Å². The summed E-state index contributed by atoms with van der Waals surface area (Å²) in [6, 6.07) is 9.54. The van der Waals surface area contributed by atoms with Gasteiger partial charge in [-0.05, 0) is 25.0 Å². The van der Waals surface area contributed by atoms with Crippen LogP contribution < -0.4 is 4.74 Å². The third kappa shape index (κ3) is 4.91. The fourth-order valence-electron chi connectivity index (χ4n) is 3.58. The minimum absolute atomic E-state index is 0.0775. The molecule has 0 atom stereocenters. The van der Waals surface area contributed by atoms with E-state index in [1.807, 2.05) is 47.2 Å². The summed E-state index contributed by atoms with van der Waals surface area (Å²) >= 11 is 0. The summed E-state index contributed by atoms with van der Waals surface area (Å²) in [5.74, 6) is 0.951. The lowest BCUT2D eigenvalue weighted by atomic mass is 10.1. The zero-order valence-electron chi connectivity index (χ0n) is 16.6. The molecular formula is C21H28N4O3. The van der Waals surface area contributed by atoms with Gasteiger partial charge in [0, 0.05) is 57.1 Å². The molecule has 2 amide bonds. The number of aryl methyl sites for hydroxylation is 2. The third-order valence-corrected chi connectivity index (χ3v) is 5.25. The Bertz CT molecular complexity index is 817. The molecule has 1 aliphatic rings. The predicted octanol–water partition coefficient (Wildman–Crippen LogP) is 1.66. The second-order valence-corrected chi connectivity index (χ2v) is 7.05. The van der Waals surface area contributed by atoms with Crippen LogP contribution in [0.15, 0.2) is 36.5 Å². The lowest BCUT2D eigenvalue weighted by Gasteiger charge is -2.22. The van der Waals surface area contributed by atoms with E-state index in [0.717, 1.165) is 23.4 Å². The molecule has 0 N–H and O–H groups in total. The van der Waals surface area contributed by atoms with Gasteiger partial charge in [-0.3, -0.25) is 14.3 Å². The van der Waals surface area contributed by atoms with Crippen LogP contribution in [0.4, 0.5) is 0 Å². The molecule has 1 aliphatic heterocycles. The van der Waals surface area contributed by atoms with Crippen LogP contribution in [0.3, 0.4) is 0 Å². The Morgan fingerprint density at radius 1 is 1.04 bits per heavy atom. The van der Waals surface area contributed by atoms with Crippen LogP contribution in [0.25, 0.3) is 0 Å². The molecule has 3 rings (SSSR count). The lowest BCUT2D eigenvalue weighted by Crippen LogP contribution is -2.38. The molecule has 1 fully saturated rings. The van der Waals surface area contributed by atoms with Crippen LogP contribution in [0.5, 0.6) is 5.75 Å². The van der Waals surface area contributed by atoms with Crippen molar-refractivity contribution in [3.8, 4) is 5.75 Å². The summed E-state index contributed by atoms with van der Waals surface area (Å²) < 4.78 is 7.14. The monoisotopic (exact) mass is 384 g/mol. The van der Waals surface area contributed by atoms with Crippen molar-refractivity contribution < 1.29 is 14.3 Å². The number of rotatable bonds is 6. The molecule has 2 aromatic rings. The van der Waals surface area contributed by atoms with E-state index >= 15 is 0 Å². The second kappa shape index (κ2) is 9.39. The van der Waals surface area contributed by atoms with Gasteiger partial charge in [-0.15, -0.1) is 0 Å². The lowest BCUT2D eigenvalue weighted by molar-refractivity contribution is -0.133. The highest BCUT2D eigenvalue weighted by Gasteiger charge is 2.22. The fourth-order valence-corrected chi connectivity index (χ4v) is 3.58. The fraction of sp³-hybridized carbons (Fsp3) is 0.476. The number of methoxy groups -OCH3 is 1. The van der Waals surface area contributed by atoms with E-state index in [2.05, 4.69) is 5.10 Å². The van der Waals surface area contributed by atoms with Gasteiger partial charge in [0.05, 0.1) is 13.5 Å². The van der Waals surface area contributed by atoms with E-state index in [4.69, 9.17) is 4.74 Å². The molecule has 7 heteroatoms. The smallest absolute Gasteiger partial charge is 0.227 e. The quantitative estimate of drug-likeness (QED) is 0.760. The maximum Gasteiger partial charge on any atom is 0.227 e. The van der Waals surface area contributed by atoms with Crippen molar-refractivity contribution in [2.24, 2.45) is 7.05 Å². The minimum atomic E-state index is 0.0775. The minimum Gasteiger partial charge on any atom is -0.496 e. The molecule has 0 bridgehead atoms. The Kier molecular flexibility index (Phi) is 6.68. The normalized spacial score (nSPS) is 14.6. The van der Waals surface area contributed by atoms with Gasteiger partial charge in [0.2, 0.25) is 11.8 Å². The van der Waals surface area contributed by atoms with Crippen LogP contribution in [0.1, 0.15) is 24.1 Å². The summed E-state index contributed by atoms with van der Waals surface area (Å²) in [5, 5.41) is 4.14. The van der Waals surface area contributed by atoms with Gasteiger partial charge in [0.15, 0.2) is 0 Å². The molecule has 0 spiro atoms. The third-order valence-electron chi connectivity index (χ3n) is 5.25. The first kappa shape index (κ1) is 19.9. The van der Waals surface area contributed by atoms with Gasteiger partial charge in [0.25, 0.3) is 0 Å². The Morgan fingerprint density at radius 2 is 1.75 bits per heavy atom. The molecule has 0 unspecified atom stereocenters. The van der Waals surface area contributed by atoms with Gasteiger partial charge in [0.1, 0.15) is 5.75 Å². The highest BCUT2D eigenvalue weighted by molar-refractivity contribution is 5.80. The molecule has 0 radical (unpaired) electrons. The van der Waals surface area contributed by atoms with Crippen molar-refractivity contribution in [2.45, 2.75) is 25.7 Å². The number of nitrogens with zero attached hydrogens (tertiary/aromatic N) is 4. The largest absolute Gasteiger partial charge is 0.496 e. The van der Waals surface area contributed by atoms with E-state index in [-0.39, 0.29) is 11.8 Å². The first-order valence-electron chi connectivity index (χ1n) is 9.73. The topological polar surface area (TPSA) is 67.7 Å². The van der Waals surface area contributed by atoms with Crippen LogP contribution in [0, 0.1) is 0 Å². The molecule has 150 valence electrons. The van der Waals surface area contributed by atoms with Crippen molar-refractivity contribution in [3.63, 3.8) is 0 Å². The summed E-state index contributed by atoms with van der Waals surface area (Å²) in [6.07, 6.45) is 4.02. The van der Waals surface area contributed by atoms with Crippen LogP contribution in [-0.4, -0.2) is 64.7 Å². The van der Waals surface area contributed by atoms with E-state index < -0.39 is 0 Å². The van der Waals surface area contributed by atoms with Gasteiger partial charge >= 0.3 is 0 Å². The maximum absolute atomic E-state index is 12.7. The molecular weight excluding hydrogens is 356 g/mol. The van der Waals surface area contributed by atoms with E-state index in [1.54, 1.807) is 18.0 Å². The van der Waals surface area contributed by atoms with Crippen molar-refractivity contribution in [2.75, 3.05) is 33.3 Å². The van der Waals surface area contributed by atoms with Crippen LogP contribution in [-0.2, 0) is 29.5 Å². The number of aromatic nitrogens is 2. The number of para-hydroxylation sites is 1. The number of carbonyl (C=O) groups excluding carboxylic acids is 2. The molecule has 1 aromatic carbocycles. The van der Waals surface area contributed by atoms with Crippen molar-refractivity contribution in [1.82, 2.24) is 19.6 Å². The van der Waals surface area contributed by atoms with Crippen LogP contribution in [0.2, 0.25) is 0 Å². The first-order valence-corrected chi connectivity index (χ1v) is 9.73. The Hall–Kier alpha value is -2.83. The Morgan fingerprint density at radius 3 is 2.43 bits per heavy atom. The van der Waals surface area contributed by atoms with Gasteiger partial charge in [-0.1, -0.05) is 18.2 Å². The molecule has 28 heavy (non-hydrogen) atoms. The van der Waals surface area contributed by atoms with Crippen molar-refractivity contribution in [3.05, 3.63) is 47.8 Å². The van der Waals surface area contributed by atoms with E-state index in [9.17, 15) is 9.59 Å². The van der Waals surface area contributed by atoms with E-state index in [0.29, 0.717) is 45.4 Å². The Balaban J connectivity index is 1.51. The number of benzene rings is 1. The number of hydrogen-bond donors (Lipinski definition) is 0. The van der Waals surface area contributed by atoms with E-state index in [1.165, 1.54) is 0 Å². The SMILES string of the molecule is COc1ccccc1CC(=O)N1CCCN(C(=O)CCc2ccnn2C)CC1. The zero-order valence-corrected chi connectivity index (χ0v) is 16.6. The standard InChI is InChI=1S/C21H28N4O3/c1-23-18(10-11-22-23)8-9-20(26)24-12-5-13-25(15-14-24)21(27)16-17-6-3-4-7-19(17)28-2/h3-4,6-7,10-11H,5,8-9,12-16H2,1-2H3. The van der Waals surface area contributed by atoms with Crippen molar-refractivity contribution >= 4 is 11.8 Å². The number of hydrogen-bond acceptors (Lipinski definition) is 4. The first-order chi connectivity index (χ1) is 13.6. The highest BCUT2D eigenvalue weighted by Crippen LogP contribution is 2.19. The summed E-state index contributed by atoms with van der Waals surface area (Å²) in [6.45, 7) is 2.54. The maximum atomic E-state index is 12.7. The predicted molar refractivity (Wildman–Crippen MR) is 106 cm³/mol. The average molecular weight is 384 g/mol. The molecule has 7 nitrogen and oxygen atoms in total. The number of ether oxygens (including phenoxy) is 1. The average Bonchev–Trinajstić information content (AvgIpc) is 2.96. The van der Waals surface area contributed by atoms with Gasteiger partial charge < -0.3 is 14.5 Å². The molecule has 0 aliphatic carbocycles. The molecule has 2 heterocycles. The number of carbonyl (C=O) groups is 2. The summed E-state index contributed by atoms with van der Waals surface area (Å²) in [4.78, 5) is 29.1. The van der Waals surface area contributed by atoms with Crippen LogP contribution >= 0.6 is 0 Å². The van der Waals surface area contributed by atoms with Gasteiger partial charge in [-0.2, -0.15) is 5.10 Å². The summed E-state index contributed by atoms with van der Waals surface area (Å²) in [5.41, 5.74) is 1.94.